The molecule has 6 heteroatoms. The number of piperidine rings is 1. The lowest BCUT2D eigenvalue weighted by Crippen LogP contribution is -2.50. The highest BCUT2D eigenvalue weighted by molar-refractivity contribution is 5.78. The molecule has 0 radical (unpaired) electrons. The van der Waals surface area contributed by atoms with E-state index in [1.807, 2.05) is 48.5 Å². The fourth-order valence-corrected chi connectivity index (χ4v) is 4.50. The topological polar surface area (TPSA) is 67.7 Å². The first-order valence-corrected chi connectivity index (χ1v) is 11.4. The Morgan fingerprint density at radius 3 is 2.56 bits per heavy atom. The predicted molar refractivity (Wildman–Crippen MR) is 126 cm³/mol. The summed E-state index contributed by atoms with van der Waals surface area (Å²) in [6, 6.07) is 17.7. The van der Waals surface area contributed by atoms with E-state index in [0.717, 1.165) is 29.7 Å². The van der Waals surface area contributed by atoms with E-state index in [-0.39, 0.29) is 5.82 Å². The molecule has 3 aromatic rings. The van der Waals surface area contributed by atoms with Crippen molar-refractivity contribution < 1.29 is 8.91 Å². The van der Waals surface area contributed by atoms with E-state index in [9.17, 15) is 4.39 Å². The van der Waals surface area contributed by atoms with Gasteiger partial charge < -0.3 is 15.2 Å². The summed E-state index contributed by atoms with van der Waals surface area (Å²) in [5.41, 5.74) is 9.53. The van der Waals surface area contributed by atoms with Crippen LogP contribution in [0.5, 0.6) is 0 Å². The summed E-state index contributed by atoms with van der Waals surface area (Å²) in [4.78, 5) is 6.74. The van der Waals surface area contributed by atoms with Crippen LogP contribution in [0.2, 0.25) is 0 Å². The number of likely N-dealkylation sites (tertiary alicyclic amines) is 1. The van der Waals surface area contributed by atoms with Crippen LogP contribution in [0.1, 0.15) is 50.1 Å². The number of hydrogen-bond donors (Lipinski definition) is 1. The van der Waals surface area contributed by atoms with Gasteiger partial charge in [-0.3, -0.25) is 0 Å². The minimum atomic E-state index is -0.208. The number of nitrogens with zero attached hydrogens (tertiary/aromatic N) is 3. The van der Waals surface area contributed by atoms with Crippen molar-refractivity contribution in [3.63, 3.8) is 0 Å². The third-order valence-corrected chi connectivity index (χ3v) is 6.25. The van der Waals surface area contributed by atoms with E-state index in [1.54, 1.807) is 6.07 Å². The monoisotopic (exact) mass is 434 g/mol. The quantitative estimate of drug-likeness (QED) is 0.420. The fourth-order valence-electron chi connectivity index (χ4n) is 4.50. The van der Waals surface area contributed by atoms with Gasteiger partial charge in [0.1, 0.15) is 12.4 Å². The van der Waals surface area contributed by atoms with Crippen molar-refractivity contribution in [2.24, 2.45) is 10.7 Å². The molecule has 4 rings (SSSR count). The molecule has 0 aliphatic carbocycles. The highest BCUT2D eigenvalue weighted by Crippen LogP contribution is 2.24. The molecule has 2 unspecified atom stereocenters. The zero-order valence-electron chi connectivity index (χ0n) is 18.8. The molecule has 0 spiro atoms. The van der Waals surface area contributed by atoms with Gasteiger partial charge in [-0.2, -0.15) is 0 Å². The number of benzene rings is 2. The molecule has 0 bridgehead atoms. The van der Waals surface area contributed by atoms with E-state index in [4.69, 9.17) is 10.3 Å². The van der Waals surface area contributed by atoms with E-state index in [1.165, 1.54) is 6.42 Å². The van der Waals surface area contributed by atoms with Crippen LogP contribution in [0.3, 0.4) is 0 Å². The molecule has 1 aliphatic heterocycles. The summed E-state index contributed by atoms with van der Waals surface area (Å²) < 4.78 is 20.0. The molecule has 168 valence electrons. The number of aromatic nitrogens is 1. The van der Waals surface area contributed by atoms with E-state index < -0.39 is 0 Å². The Labute approximate surface area is 189 Å². The third kappa shape index (κ3) is 5.18. The van der Waals surface area contributed by atoms with Crippen molar-refractivity contribution in [3.8, 4) is 11.1 Å². The lowest BCUT2D eigenvalue weighted by atomic mass is 9.98. The number of nitrogens with two attached hydrogens (primary N) is 1. The fraction of sp³-hybridized carbons (Fsp3) is 0.385. The van der Waals surface area contributed by atoms with Crippen LogP contribution in [-0.4, -0.2) is 28.1 Å². The van der Waals surface area contributed by atoms with Crippen LogP contribution in [0.4, 0.5) is 4.39 Å². The number of aliphatic imine (C=N–C) groups is 1. The maximum atomic E-state index is 14.6. The predicted octanol–water partition coefficient (Wildman–Crippen LogP) is 5.34. The van der Waals surface area contributed by atoms with Crippen molar-refractivity contribution in [1.29, 1.82) is 0 Å². The second-order valence-electron chi connectivity index (χ2n) is 8.68. The molecule has 2 aromatic carbocycles. The molecule has 0 amide bonds. The second kappa shape index (κ2) is 9.98. The summed E-state index contributed by atoms with van der Waals surface area (Å²) in [6.45, 7) is 4.76. The molecule has 2 atom stereocenters. The number of guanidine groups is 1. The van der Waals surface area contributed by atoms with Crippen LogP contribution >= 0.6 is 0 Å². The zero-order chi connectivity index (χ0) is 22.5. The zero-order valence-corrected chi connectivity index (χ0v) is 18.8. The summed E-state index contributed by atoms with van der Waals surface area (Å²) >= 11 is 0. The minimum absolute atomic E-state index is 0.208. The highest BCUT2D eigenvalue weighted by Gasteiger charge is 2.26. The van der Waals surface area contributed by atoms with E-state index in [2.05, 4.69) is 28.9 Å². The summed E-state index contributed by atoms with van der Waals surface area (Å²) in [7, 11) is 0. The van der Waals surface area contributed by atoms with Gasteiger partial charge in [0.2, 0.25) is 0 Å². The first kappa shape index (κ1) is 22.1. The Morgan fingerprint density at radius 2 is 1.84 bits per heavy atom. The van der Waals surface area contributed by atoms with E-state index in [0.29, 0.717) is 48.8 Å². The van der Waals surface area contributed by atoms with Crippen LogP contribution < -0.4 is 5.73 Å². The third-order valence-electron chi connectivity index (χ3n) is 6.25. The lowest BCUT2D eigenvalue weighted by molar-refractivity contribution is 0.188. The lowest BCUT2D eigenvalue weighted by Gasteiger charge is -2.39. The average molecular weight is 435 g/mol. The molecule has 2 heterocycles. The molecule has 1 saturated heterocycles. The molecular weight excluding hydrogens is 403 g/mol. The Morgan fingerprint density at radius 1 is 1.09 bits per heavy atom. The average Bonchev–Trinajstić information content (AvgIpc) is 3.25. The number of rotatable bonds is 6. The molecule has 2 N–H and O–H groups in total. The smallest absolute Gasteiger partial charge is 0.192 e. The molecular formula is C26H31FN4O. The summed E-state index contributed by atoms with van der Waals surface area (Å²) in [6.07, 6.45) is 4.87. The summed E-state index contributed by atoms with van der Waals surface area (Å²) in [5, 5.41) is 4.15. The number of aryl methyl sites for hydroxylation is 2. The van der Waals surface area contributed by atoms with Gasteiger partial charge >= 0.3 is 0 Å². The van der Waals surface area contributed by atoms with Gasteiger partial charge in [0.25, 0.3) is 0 Å². The maximum Gasteiger partial charge on any atom is 0.192 e. The highest BCUT2D eigenvalue weighted by atomic mass is 19.1. The Kier molecular flexibility index (Phi) is 6.88. The Hall–Kier alpha value is -3.15. The number of halogens is 1. The van der Waals surface area contributed by atoms with Gasteiger partial charge in [0, 0.05) is 23.7 Å². The van der Waals surface area contributed by atoms with Crippen molar-refractivity contribution in [1.82, 2.24) is 10.1 Å². The Bertz CT molecular complexity index is 1050. The largest absolute Gasteiger partial charge is 0.370 e. The molecule has 1 aliphatic rings. The van der Waals surface area contributed by atoms with Crippen molar-refractivity contribution in [3.05, 3.63) is 77.4 Å². The standard InChI is InChI=1S/C26H31FN4O/c1-18-7-6-8-19(2)31(18)26(28)29-17-23-16-22(30-32-23)13-11-20-12-14-24(25(27)15-20)21-9-4-3-5-10-21/h3-5,9-10,12,14-16,18-19H,6-8,11,13,17H2,1-2H3,(H2,28,29). The Balaban J connectivity index is 1.34. The van der Waals surface area contributed by atoms with E-state index >= 15 is 0 Å². The van der Waals surface area contributed by atoms with Crippen molar-refractivity contribution in [2.45, 2.75) is 64.6 Å². The van der Waals surface area contributed by atoms with Gasteiger partial charge in [-0.15, -0.1) is 0 Å². The second-order valence-corrected chi connectivity index (χ2v) is 8.68. The molecule has 1 fully saturated rings. The molecule has 5 nitrogen and oxygen atoms in total. The maximum absolute atomic E-state index is 14.6. The van der Waals surface area contributed by atoms with Crippen molar-refractivity contribution >= 4 is 5.96 Å². The first-order valence-electron chi connectivity index (χ1n) is 11.4. The van der Waals surface area contributed by atoms with Gasteiger partial charge in [0.05, 0.1) is 5.69 Å². The SMILES string of the molecule is CC1CCCC(C)N1C(N)=NCc1cc(CCc2ccc(-c3ccccc3)c(F)c2)no1. The van der Waals surface area contributed by atoms with Gasteiger partial charge in [-0.05, 0) is 63.1 Å². The van der Waals surface area contributed by atoms with Crippen LogP contribution in [0, 0.1) is 5.82 Å². The normalized spacial score (nSPS) is 19.3. The van der Waals surface area contributed by atoms with Gasteiger partial charge in [-0.25, -0.2) is 9.38 Å². The number of hydrogen-bond acceptors (Lipinski definition) is 3. The first-order chi connectivity index (χ1) is 15.5. The summed E-state index contributed by atoms with van der Waals surface area (Å²) in [5.74, 6) is 1.04. The molecule has 32 heavy (non-hydrogen) atoms. The molecule has 0 saturated carbocycles. The van der Waals surface area contributed by atoms with Crippen LogP contribution in [-0.2, 0) is 19.4 Å². The van der Waals surface area contributed by atoms with Crippen molar-refractivity contribution in [2.75, 3.05) is 0 Å². The van der Waals surface area contributed by atoms with Crippen LogP contribution in [0.25, 0.3) is 11.1 Å². The minimum Gasteiger partial charge on any atom is -0.370 e. The molecule has 1 aromatic heterocycles. The van der Waals surface area contributed by atoms with Crippen LogP contribution in [0.15, 0.2) is 64.1 Å². The van der Waals surface area contributed by atoms with Gasteiger partial charge in [0.15, 0.2) is 11.7 Å². The van der Waals surface area contributed by atoms with Gasteiger partial charge in [-0.1, -0.05) is 47.6 Å².